The van der Waals surface area contributed by atoms with Gasteiger partial charge in [0, 0.05) is 29.5 Å². The molecular formula is C12H19NOS. The van der Waals surface area contributed by atoms with Crippen molar-refractivity contribution in [1.82, 2.24) is 5.32 Å². The van der Waals surface area contributed by atoms with Gasteiger partial charge in [0.05, 0.1) is 6.61 Å². The molecule has 1 aromatic heterocycles. The lowest BCUT2D eigenvalue weighted by Crippen LogP contribution is -2.34. The van der Waals surface area contributed by atoms with E-state index in [1.165, 1.54) is 22.6 Å². The molecule has 1 fully saturated rings. The number of aryl methyl sites for hydroxylation is 1. The van der Waals surface area contributed by atoms with E-state index in [1.54, 1.807) is 7.11 Å². The number of ether oxygens (including phenoxy) is 1. The molecular weight excluding hydrogens is 206 g/mol. The summed E-state index contributed by atoms with van der Waals surface area (Å²) >= 11 is 1.88. The molecule has 1 aromatic rings. The largest absolute Gasteiger partial charge is 0.383 e. The average molecular weight is 225 g/mol. The third-order valence-electron chi connectivity index (χ3n) is 2.87. The summed E-state index contributed by atoms with van der Waals surface area (Å²) in [5.41, 5.74) is 0. The highest BCUT2D eigenvalue weighted by Crippen LogP contribution is 2.33. The molecule has 0 radical (unpaired) electrons. The van der Waals surface area contributed by atoms with E-state index < -0.39 is 0 Å². The van der Waals surface area contributed by atoms with Gasteiger partial charge in [-0.05, 0) is 37.8 Å². The first kappa shape index (κ1) is 11.1. The molecule has 1 unspecified atom stereocenters. The minimum Gasteiger partial charge on any atom is -0.383 e. The van der Waals surface area contributed by atoms with Crippen molar-refractivity contribution in [3.8, 4) is 0 Å². The van der Waals surface area contributed by atoms with Crippen LogP contribution in [0.2, 0.25) is 0 Å². The first-order valence-electron chi connectivity index (χ1n) is 5.57. The highest BCUT2D eigenvalue weighted by Gasteiger charge is 2.30. The summed E-state index contributed by atoms with van der Waals surface area (Å²) in [4.78, 5) is 2.82. The van der Waals surface area contributed by atoms with Crippen LogP contribution < -0.4 is 5.32 Å². The van der Waals surface area contributed by atoms with Gasteiger partial charge in [-0.2, -0.15) is 0 Å². The van der Waals surface area contributed by atoms with Crippen molar-refractivity contribution in [2.75, 3.05) is 13.7 Å². The van der Waals surface area contributed by atoms with Gasteiger partial charge in [0.2, 0.25) is 0 Å². The molecule has 2 rings (SSSR count). The zero-order chi connectivity index (χ0) is 10.7. The Morgan fingerprint density at radius 2 is 2.33 bits per heavy atom. The molecule has 0 saturated heterocycles. The standard InChI is InChI=1S/C12H19NOS/c1-9-3-6-11(15-9)7-13-12(8-14-2)10-4-5-10/h3,6,10,12-13H,4-5,7-8H2,1-2H3. The van der Waals surface area contributed by atoms with Crippen molar-refractivity contribution >= 4 is 11.3 Å². The molecule has 3 heteroatoms. The van der Waals surface area contributed by atoms with Gasteiger partial charge in [0.1, 0.15) is 0 Å². The first-order chi connectivity index (χ1) is 7.29. The Labute approximate surface area is 95.6 Å². The lowest BCUT2D eigenvalue weighted by molar-refractivity contribution is 0.157. The van der Waals surface area contributed by atoms with Gasteiger partial charge < -0.3 is 10.1 Å². The summed E-state index contributed by atoms with van der Waals surface area (Å²) < 4.78 is 5.24. The number of thiophene rings is 1. The molecule has 1 N–H and O–H groups in total. The SMILES string of the molecule is COCC(NCc1ccc(C)s1)C1CC1. The predicted octanol–water partition coefficient (Wildman–Crippen LogP) is 2.57. The molecule has 0 spiro atoms. The van der Waals surface area contributed by atoms with E-state index in [0.717, 1.165) is 19.1 Å². The van der Waals surface area contributed by atoms with E-state index in [2.05, 4.69) is 24.4 Å². The molecule has 0 aromatic carbocycles. The molecule has 0 aliphatic heterocycles. The van der Waals surface area contributed by atoms with Crippen LogP contribution in [-0.2, 0) is 11.3 Å². The summed E-state index contributed by atoms with van der Waals surface area (Å²) in [7, 11) is 1.78. The second kappa shape index (κ2) is 5.10. The minimum atomic E-state index is 0.553. The normalized spacial score (nSPS) is 18.0. The van der Waals surface area contributed by atoms with Crippen molar-refractivity contribution in [3.05, 3.63) is 21.9 Å². The Morgan fingerprint density at radius 3 is 2.87 bits per heavy atom. The smallest absolute Gasteiger partial charge is 0.0618 e. The van der Waals surface area contributed by atoms with Gasteiger partial charge in [-0.3, -0.25) is 0 Å². The Bertz CT molecular complexity index is 306. The maximum atomic E-state index is 5.24. The zero-order valence-electron chi connectivity index (χ0n) is 9.45. The quantitative estimate of drug-likeness (QED) is 0.803. The zero-order valence-corrected chi connectivity index (χ0v) is 10.3. The van der Waals surface area contributed by atoms with Crippen molar-refractivity contribution in [2.45, 2.75) is 32.4 Å². The fraction of sp³-hybridized carbons (Fsp3) is 0.667. The fourth-order valence-electron chi connectivity index (χ4n) is 1.85. The second-order valence-electron chi connectivity index (χ2n) is 4.29. The summed E-state index contributed by atoms with van der Waals surface area (Å²) in [6.07, 6.45) is 2.73. The van der Waals surface area contributed by atoms with Crippen molar-refractivity contribution < 1.29 is 4.74 Å². The highest BCUT2D eigenvalue weighted by atomic mass is 32.1. The lowest BCUT2D eigenvalue weighted by atomic mass is 10.2. The predicted molar refractivity (Wildman–Crippen MR) is 64.3 cm³/mol. The molecule has 0 bridgehead atoms. The number of methoxy groups -OCH3 is 1. The van der Waals surface area contributed by atoms with Gasteiger partial charge in [0.15, 0.2) is 0 Å². The monoisotopic (exact) mass is 225 g/mol. The maximum absolute atomic E-state index is 5.24. The summed E-state index contributed by atoms with van der Waals surface area (Å²) in [5, 5.41) is 3.60. The third-order valence-corrected chi connectivity index (χ3v) is 3.87. The molecule has 1 aliphatic rings. The summed E-state index contributed by atoms with van der Waals surface area (Å²) in [5.74, 6) is 0.853. The van der Waals surface area contributed by atoms with Crippen LogP contribution in [0.15, 0.2) is 12.1 Å². The van der Waals surface area contributed by atoms with Gasteiger partial charge in [-0.1, -0.05) is 0 Å². The van der Waals surface area contributed by atoms with Crippen LogP contribution in [0.25, 0.3) is 0 Å². The van der Waals surface area contributed by atoms with E-state index in [9.17, 15) is 0 Å². The topological polar surface area (TPSA) is 21.3 Å². The molecule has 84 valence electrons. The van der Waals surface area contributed by atoms with Crippen LogP contribution in [0.1, 0.15) is 22.6 Å². The Balaban J connectivity index is 1.79. The number of rotatable bonds is 6. The van der Waals surface area contributed by atoms with Crippen molar-refractivity contribution in [1.29, 1.82) is 0 Å². The van der Waals surface area contributed by atoms with Gasteiger partial charge in [-0.25, -0.2) is 0 Å². The van der Waals surface area contributed by atoms with Crippen LogP contribution in [0.4, 0.5) is 0 Å². The van der Waals surface area contributed by atoms with Gasteiger partial charge in [-0.15, -0.1) is 11.3 Å². The highest BCUT2D eigenvalue weighted by molar-refractivity contribution is 7.11. The molecule has 2 nitrogen and oxygen atoms in total. The van der Waals surface area contributed by atoms with E-state index in [0.29, 0.717) is 6.04 Å². The Morgan fingerprint density at radius 1 is 1.53 bits per heavy atom. The molecule has 1 saturated carbocycles. The van der Waals surface area contributed by atoms with E-state index in [1.807, 2.05) is 11.3 Å². The van der Waals surface area contributed by atoms with Crippen LogP contribution in [0.5, 0.6) is 0 Å². The maximum Gasteiger partial charge on any atom is 0.0618 e. The van der Waals surface area contributed by atoms with Crippen molar-refractivity contribution in [2.24, 2.45) is 5.92 Å². The average Bonchev–Trinajstić information content (AvgIpc) is 2.97. The molecule has 1 heterocycles. The van der Waals surface area contributed by atoms with Gasteiger partial charge >= 0.3 is 0 Å². The van der Waals surface area contributed by atoms with E-state index >= 15 is 0 Å². The fourth-order valence-corrected chi connectivity index (χ4v) is 2.69. The molecule has 1 atom stereocenters. The Hall–Kier alpha value is -0.380. The lowest BCUT2D eigenvalue weighted by Gasteiger charge is -2.16. The van der Waals surface area contributed by atoms with Gasteiger partial charge in [0.25, 0.3) is 0 Å². The number of nitrogens with one attached hydrogen (secondary N) is 1. The second-order valence-corrected chi connectivity index (χ2v) is 5.66. The summed E-state index contributed by atoms with van der Waals surface area (Å²) in [6, 6.07) is 4.95. The Kier molecular flexibility index (Phi) is 3.78. The van der Waals surface area contributed by atoms with Crippen molar-refractivity contribution in [3.63, 3.8) is 0 Å². The van der Waals surface area contributed by atoms with Crippen LogP contribution in [0, 0.1) is 12.8 Å². The number of hydrogen-bond acceptors (Lipinski definition) is 3. The number of hydrogen-bond donors (Lipinski definition) is 1. The first-order valence-corrected chi connectivity index (χ1v) is 6.39. The molecule has 1 aliphatic carbocycles. The third kappa shape index (κ3) is 3.30. The minimum absolute atomic E-state index is 0.553. The van der Waals surface area contributed by atoms with E-state index in [-0.39, 0.29) is 0 Å². The van der Waals surface area contributed by atoms with Crippen LogP contribution >= 0.6 is 11.3 Å². The summed E-state index contributed by atoms with van der Waals surface area (Å²) in [6.45, 7) is 3.99. The molecule has 15 heavy (non-hydrogen) atoms. The van der Waals surface area contributed by atoms with E-state index in [4.69, 9.17) is 4.74 Å². The molecule has 0 amide bonds. The van der Waals surface area contributed by atoms with Crippen LogP contribution in [0.3, 0.4) is 0 Å². The van der Waals surface area contributed by atoms with Crippen LogP contribution in [-0.4, -0.2) is 19.8 Å².